The molecule has 0 atom stereocenters. The molecule has 0 saturated heterocycles. The molecule has 0 saturated carbocycles. The quantitative estimate of drug-likeness (QED) is 0.593. The summed E-state index contributed by atoms with van der Waals surface area (Å²) in [6, 6.07) is 19.5. The Kier molecular flexibility index (Phi) is 12.6. The zero-order chi connectivity index (χ0) is 16.6. The lowest BCUT2D eigenvalue weighted by atomic mass is 10.1. The Balaban J connectivity index is 0.00000102. The van der Waals surface area contributed by atoms with E-state index in [2.05, 4.69) is 79.7 Å². The molecule has 0 radical (unpaired) electrons. The van der Waals surface area contributed by atoms with Crippen molar-refractivity contribution in [3.63, 3.8) is 0 Å². The predicted molar refractivity (Wildman–Crippen MR) is 98.9 cm³/mol. The smallest absolute Gasteiger partial charge is 0.0205 e. The number of hydrogen-bond acceptors (Lipinski definition) is 1. The number of hydrogen-bond donors (Lipinski definition) is 1. The van der Waals surface area contributed by atoms with Gasteiger partial charge >= 0.3 is 0 Å². The number of benzene rings is 2. The number of nitrogens with one attached hydrogen (secondary N) is 1. The van der Waals surface area contributed by atoms with Gasteiger partial charge in [0.1, 0.15) is 0 Å². The SMILES string of the molecule is C#C.CC.CCc1ccc(CCNCc2ccccc2)cc1. The topological polar surface area (TPSA) is 12.0 Å². The van der Waals surface area contributed by atoms with Crippen molar-refractivity contribution >= 4 is 0 Å². The molecule has 2 rings (SSSR count). The molecule has 0 unspecified atom stereocenters. The fraction of sp³-hybridized carbons (Fsp3) is 0.333. The van der Waals surface area contributed by atoms with E-state index in [1.165, 1.54) is 16.7 Å². The Labute approximate surface area is 136 Å². The lowest BCUT2D eigenvalue weighted by Gasteiger charge is -2.05. The molecule has 0 spiro atoms. The summed E-state index contributed by atoms with van der Waals surface area (Å²) in [7, 11) is 0. The first-order chi connectivity index (χ1) is 10.9. The summed E-state index contributed by atoms with van der Waals surface area (Å²) in [4.78, 5) is 0. The van der Waals surface area contributed by atoms with Crippen LogP contribution in [0.15, 0.2) is 54.6 Å². The van der Waals surface area contributed by atoms with Crippen LogP contribution in [0.25, 0.3) is 0 Å². The van der Waals surface area contributed by atoms with Crippen LogP contribution in [-0.4, -0.2) is 6.54 Å². The molecule has 0 aliphatic rings. The molecule has 0 aliphatic carbocycles. The maximum atomic E-state index is 4.00. The number of terminal acetylenes is 1. The molecule has 0 bridgehead atoms. The van der Waals surface area contributed by atoms with Gasteiger partial charge in [-0.25, -0.2) is 0 Å². The van der Waals surface area contributed by atoms with E-state index >= 15 is 0 Å². The largest absolute Gasteiger partial charge is 0.312 e. The Hall–Kier alpha value is -2.04. The van der Waals surface area contributed by atoms with E-state index in [9.17, 15) is 0 Å². The maximum Gasteiger partial charge on any atom is 0.0205 e. The third-order valence-electron chi connectivity index (χ3n) is 3.19. The second kappa shape index (κ2) is 13.9. The predicted octanol–water partition coefficient (Wildman–Crippen LogP) is 4.86. The van der Waals surface area contributed by atoms with Gasteiger partial charge in [-0.05, 0) is 36.1 Å². The van der Waals surface area contributed by atoms with Gasteiger partial charge in [0.25, 0.3) is 0 Å². The average Bonchev–Trinajstić information content (AvgIpc) is 2.63. The van der Waals surface area contributed by atoms with E-state index in [1.807, 2.05) is 13.8 Å². The van der Waals surface area contributed by atoms with Gasteiger partial charge in [0.2, 0.25) is 0 Å². The molecule has 22 heavy (non-hydrogen) atoms. The number of aryl methyl sites for hydroxylation is 1. The van der Waals surface area contributed by atoms with Gasteiger partial charge in [-0.15, -0.1) is 12.8 Å². The molecular weight excluding hydrogens is 266 g/mol. The molecule has 1 N–H and O–H groups in total. The summed E-state index contributed by atoms with van der Waals surface area (Å²) >= 11 is 0. The molecule has 2 aromatic carbocycles. The summed E-state index contributed by atoms with van der Waals surface area (Å²) in [5.74, 6) is 0. The second-order valence-corrected chi connectivity index (χ2v) is 4.58. The molecule has 0 fully saturated rings. The van der Waals surface area contributed by atoms with Gasteiger partial charge < -0.3 is 5.32 Å². The summed E-state index contributed by atoms with van der Waals surface area (Å²) in [6.07, 6.45) is 10.2. The van der Waals surface area contributed by atoms with Crippen molar-refractivity contribution in [1.29, 1.82) is 0 Å². The van der Waals surface area contributed by atoms with Crippen LogP contribution in [0.1, 0.15) is 37.5 Å². The van der Waals surface area contributed by atoms with Crippen molar-refractivity contribution in [2.24, 2.45) is 0 Å². The standard InChI is InChI=1S/C17H21N.C2H6.C2H2/c1-2-15-8-10-16(11-9-15)12-13-18-14-17-6-4-3-5-7-17;2*1-2/h3-11,18H,2,12-14H2,1H3;1-2H3;1-2H. The lowest BCUT2D eigenvalue weighted by Crippen LogP contribution is -2.16. The van der Waals surface area contributed by atoms with Gasteiger partial charge in [-0.1, -0.05) is 75.4 Å². The molecule has 0 aromatic heterocycles. The fourth-order valence-corrected chi connectivity index (χ4v) is 2.00. The normalized spacial score (nSPS) is 8.95. The lowest BCUT2D eigenvalue weighted by molar-refractivity contribution is 0.687. The van der Waals surface area contributed by atoms with Crippen LogP contribution in [0.5, 0.6) is 0 Å². The highest BCUT2D eigenvalue weighted by molar-refractivity contribution is 5.22. The molecule has 0 aliphatic heterocycles. The van der Waals surface area contributed by atoms with Crippen LogP contribution >= 0.6 is 0 Å². The van der Waals surface area contributed by atoms with E-state index in [1.54, 1.807) is 0 Å². The summed E-state index contributed by atoms with van der Waals surface area (Å²) in [5.41, 5.74) is 4.17. The minimum Gasteiger partial charge on any atom is -0.312 e. The monoisotopic (exact) mass is 295 g/mol. The fourth-order valence-electron chi connectivity index (χ4n) is 2.00. The van der Waals surface area contributed by atoms with Crippen molar-refractivity contribution in [1.82, 2.24) is 5.32 Å². The molecule has 0 amide bonds. The summed E-state index contributed by atoms with van der Waals surface area (Å²) < 4.78 is 0. The van der Waals surface area contributed by atoms with Crippen LogP contribution in [0, 0.1) is 12.8 Å². The van der Waals surface area contributed by atoms with Crippen LogP contribution in [-0.2, 0) is 19.4 Å². The summed E-state index contributed by atoms with van der Waals surface area (Å²) in [6.45, 7) is 8.17. The van der Waals surface area contributed by atoms with Gasteiger partial charge in [0, 0.05) is 6.54 Å². The van der Waals surface area contributed by atoms with Crippen LogP contribution in [0.4, 0.5) is 0 Å². The van der Waals surface area contributed by atoms with Crippen LogP contribution < -0.4 is 5.32 Å². The summed E-state index contributed by atoms with van der Waals surface area (Å²) in [5, 5.41) is 3.48. The van der Waals surface area contributed by atoms with Crippen LogP contribution in [0.3, 0.4) is 0 Å². The Bertz CT molecular complexity index is 482. The average molecular weight is 295 g/mol. The van der Waals surface area contributed by atoms with E-state index in [0.717, 1.165) is 25.9 Å². The van der Waals surface area contributed by atoms with Crippen molar-refractivity contribution in [2.75, 3.05) is 6.54 Å². The zero-order valence-electron chi connectivity index (χ0n) is 14.2. The van der Waals surface area contributed by atoms with Gasteiger partial charge in [-0.2, -0.15) is 0 Å². The second-order valence-electron chi connectivity index (χ2n) is 4.58. The van der Waals surface area contributed by atoms with Gasteiger partial charge in [0.15, 0.2) is 0 Å². The van der Waals surface area contributed by atoms with E-state index in [0.29, 0.717) is 0 Å². The zero-order valence-corrected chi connectivity index (χ0v) is 14.2. The third-order valence-corrected chi connectivity index (χ3v) is 3.19. The van der Waals surface area contributed by atoms with Crippen molar-refractivity contribution in [3.05, 3.63) is 71.3 Å². The van der Waals surface area contributed by atoms with Crippen molar-refractivity contribution in [2.45, 2.75) is 40.2 Å². The molecule has 0 heterocycles. The molecule has 1 heteroatoms. The highest BCUT2D eigenvalue weighted by Crippen LogP contribution is 2.05. The first kappa shape index (κ1) is 20.0. The first-order valence-electron chi connectivity index (χ1n) is 8.04. The van der Waals surface area contributed by atoms with Crippen molar-refractivity contribution < 1.29 is 0 Å². The van der Waals surface area contributed by atoms with Crippen LogP contribution in [0.2, 0.25) is 0 Å². The first-order valence-corrected chi connectivity index (χ1v) is 8.04. The molecule has 2 aromatic rings. The minimum absolute atomic E-state index is 0.952. The highest BCUT2D eigenvalue weighted by Gasteiger charge is 1.94. The van der Waals surface area contributed by atoms with E-state index in [-0.39, 0.29) is 0 Å². The van der Waals surface area contributed by atoms with Gasteiger partial charge in [-0.3, -0.25) is 0 Å². The Morgan fingerprint density at radius 3 is 1.86 bits per heavy atom. The molecular formula is C21H29N. The third kappa shape index (κ3) is 8.29. The number of rotatable bonds is 6. The minimum atomic E-state index is 0.952. The van der Waals surface area contributed by atoms with Gasteiger partial charge in [0.05, 0.1) is 0 Å². The molecule has 118 valence electrons. The highest BCUT2D eigenvalue weighted by atomic mass is 14.8. The van der Waals surface area contributed by atoms with E-state index < -0.39 is 0 Å². The van der Waals surface area contributed by atoms with E-state index in [4.69, 9.17) is 0 Å². The van der Waals surface area contributed by atoms with Crippen molar-refractivity contribution in [3.8, 4) is 12.8 Å². The Morgan fingerprint density at radius 2 is 1.32 bits per heavy atom. The maximum absolute atomic E-state index is 4.00. The Morgan fingerprint density at radius 1 is 0.773 bits per heavy atom. The molecule has 1 nitrogen and oxygen atoms in total.